The van der Waals surface area contributed by atoms with Gasteiger partial charge in [0, 0.05) is 16.6 Å². The maximum absolute atomic E-state index is 13.0. The molecule has 1 unspecified atom stereocenters. The quantitative estimate of drug-likeness (QED) is 0.114. The fourth-order valence-electron chi connectivity index (χ4n) is 4.17. The van der Waals surface area contributed by atoms with Crippen molar-refractivity contribution >= 4 is 57.5 Å². The van der Waals surface area contributed by atoms with Gasteiger partial charge < -0.3 is 9.47 Å². The van der Waals surface area contributed by atoms with E-state index in [0.29, 0.717) is 17.1 Å². The highest BCUT2D eigenvalue weighted by atomic mass is 35.5. The fraction of sp³-hybridized carbons (Fsp3) is 0.179. The molecule has 1 atom stereocenters. The molecule has 1 saturated heterocycles. The number of hydrogen-bond donors (Lipinski definition) is 2. The second kappa shape index (κ2) is 13.8. The van der Waals surface area contributed by atoms with E-state index in [4.69, 9.17) is 23.8 Å². The first kappa shape index (κ1) is 34.0. The van der Waals surface area contributed by atoms with Crippen LogP contribution in [0.1, 0.15) is 18.5 Å². The highest BCUT2D eigenvalue weighted by molar-refractivity contribution is 8.15. The van der Waals surface area contributed by atoms with E-state index in [2.05, 4.69) is 35.4 Å². The monoisotopic (exact) mass is 715 g/mol. The average Bonchev–Trinajstić information content (AvgIpc) is 3.63. The molecule has 5 rings (SSSR count). The Labute approximate surface area is 276 Å². The third-order valence-electron chi connectivity index (χ3n) is 6.24. The van der Waals surface area contributed by atoms with Crippen molar-refractivity contribution in [3.8, 4) is 28.6 Å². The van der Waals surface area contributed by atoms with Gasteiger partial charge in [0.2, 0.25) is 11.0 Å². The topological polar surface area (TPSA) is 106 Å². The van der Waals surface area contributed by atoms with E-state index >= 15 is 0 Å². The number of hydrazine groups is 1. The number of amidine groups is 1. The van der Waals surface area contributed by atoms with Crippen molar-refractivity contribution in [1.29, 1.82) is 0 Å². The van der Waals surface area contributed by atoms with E-state index < -0.39 is 24.4 Å². The van der Waals surface area contributed by atoms with Crippen LogP contribution in [0.2, 0.25) is 5.02 Å². The summed E-state index contributed by atoms with van der Waals surface area (Å²) in [5, 5.41) is 4.39. The van der Waals surface area contributed by atoms with Crippen LogP contribution >= 0.6 is 35.6 Å². The average molecular weight is 716 g/mol. The molecule has 0 spiro atoms. The number of alkyl halides is 6. The van der Waals surface area contributed by atoms with E-state index in [9.17, 15) is 31.1 Å². The molecule has 1 fully saturated rings. The molecular formula is C28H20ClF6N7O3S2. The van der Waals surface area contributed by atoms with Gasteiger partial charge in [0.1, 0.15) is 12.1 Å². The first-order valence-electron chi connectivity index (χ1n) is 13.2. The molecule has 1 aromatic heterocycles. The van der Waals surface area contributed by atoms with Crippen molar-refractivity contribution in [3.63, 3.8) is 0 Å². The summed E-state index contributed by atoms with van der Waals surface area (Å²) < 4.78 is 85.5. The van der Waals surface area contributed by atoms with Crippen molar-refractivity contribution in [3.05, 3.63) is 83.6 Å². The number of carbonyl (C=O) groups excluding carboxylic acids is 1. The van der Waals surface area contributed by atoms with E-state index in [0.717, 1.165) is 34.4 Å². The van der Waals surface area contributed by atoms with Gasteiger partial charge in [0.15, 0.2) is 16.7 Å². The molecule has 1 aliphatic rings. The SMILES string of the molecule is CC(NNC(=S)N=C1SCC(=O)N1c1cc(Cl)ccc1OC(F)(F)F)c1ccc(-c2ncn(-c3ccc(OC(F)(F)F)cc3)n2)cc1. The van der Waals surface area contributed by atoms with Crippen molar-refractivity contribution in [2.75, 3.05) is 10.7 Å². The number of aliphatic imine (C=N–C) groups is 1. The minimum Gasteiger partial charge on any atom is -0.406 e. The molecule has 246 valence electrons. The molecule has 0 radical (unpaired) electrons. The molecule has 47 heavy (non-hydrogen) atoms. The van der Waals surface area contributed by atoms with Gasteiger partial charge >= 0.3 is 12.7 Å². The normalized spacial score (nSPS) is 15.2. The number of nitrogens with one attached hydrogen (secondary N) is 2. The van der Waals surface area contributed by atoms with Crippen LogP contribution in [-0.4, -0.2) is 49.4 Å². The lowest BCUT2D eigenvalue weighted by molar-refractivity contribution is -0.275. The fourth-order valence-corrected chi connectivity index (χ4v) is 5.40. The molecule has 4 aromatic rings. The number of halogens is 7. The van der Waals surface area contributed by atoms with Gasteiger partial charge in [-0.05, 0) is 67.2 Å². The van der Waals surface area contributed by atoms with Gasteiger partial charge in [-0.2, -0.15) is 4.99 Å². The number of thiocarbonyl (C=S) groups is 1. The van der Waals surface area contributed by atoms with Crippen molar-refractivity contribution in [2.24, 2.45) is 4.99 Å². The molecular weight excluding hydrogens is 696 g/mol. The summed E-state index contributed by atoms with van der Waals surface area (Å²) >= 11 is 12.2. The summed E-state index contributed by atoms with van der Waals surface area (Å²) in [6, 6.07) is 15.4. The minimum absolute atomic E-state index is 0.0260. The Morgan fingerprint density at radius 3 is 2.36 bits per heavy atom. The predicted octanol–water partition coefficient (Wildman–Crippen LogP) is 6.96. The van der Waals surface area contributed by atoms with E-state index in [-0.39, 0.29) is 38.5 Å². The zero-order chi connectivity index (χ0) is 33.9. The maximum Gasteiger partial charge on any atom is 0.573 e. The number of ether oxygens (including phenoxy) is 2. The number of rotatable bonds is 8. The third kappa shape index (κ3) is 8.91. The van der Waals surface area contributed by atoms with E-state index in [1.54, 1.807) is 12.1 Å². The number of amides is 1. The molecule has 19 heteroatoms. The van der Waals surface area contributed by atoms with Gasteiger partial charge in [-0.25, -0.2) is 15.1 Å². The van der Waals surface area contributed by atoms with Crippen molar-refractivity contribution in [1.82, 2.24) is 25.6 Å². The third-order valence-corrected chi connectivity index (χ3v) is 7.59. The summed E-state index contributed by atoms with van der Waals surface area (Å²) in [5.41, 5.74) is 7.45. The molecule has 2 heterocycles. The first-order chi connectivity index (χ1) is 22.1. The zero-order valence-corrected chi connectivity index (χ0v) is 26.0. The highest BCUT2D eigenvalue weighted by Crippen LogP contribution is 2.39. The summed E-state index contributed by atoms with van der Waals surface area (Å²) in [6.45, 7) is 1.82. The molecule has 10 nitrogen and oxygen atoms in total. The molecule has 1 aliphatic heterocycles. The van der Waals surface area contributed by atoms with Gasteiger partial charge in [-0.15, -0.1) is 31.4 Å². The second-order valence-corrected chi connectivity index (χ2v) is 11.3. The number of nitrogens with zero attached hydrogens (tertiary/aromatic N) is 5. The van der Waals surface area contributed by atoms with Crippen LogP contribution in [0.15, 0.2) is 78.0 Å². The Morgan fingerprint density at radius 2 is 1.70 bits per heavy atom. The summed E-state index contributed by atoms with van der Waals surface area (Å²) in [6.07, 6.45) is -8.37. The van der Waals surface area contributed by atoms with E-state index in [1.807, 2.05) is 19.1 Å². The summed E-state index contributed by atoms with van der Waals surface area (Å²) in [4.78, 5) is 22.1. The lowest BCUT2D eigenvalue weighted by Crippen LogP contribution is -2.38. The zero-order valence-electron chi connectivity index (χ0n) is 23.6. The van der Waals surface area contributed by atoms with Gasteiger partial charge in [0.05, 0.1) is 17.1 Å². The molecule has 0 aliphatic carbocycles. The number of benzene rings is 3. The molecule has 0 saturated carbocycles. The highest BCUT2D eigenvalue weighted by Gasteiger charge is 2.37. The lowest BCUT2D eigenvalue weighted by Gasteiger charge is -2.21. The first-order valence-corrected chi connectivity index (χ1v) is 15.0. The van der Waals surface area contributed by atoms with Crippen LogP contribution in [0, 0.1) is 0 Å². The van der Waals surface area contributed by atoms with Crippen LogP contribution in [0.25, 0.3) is 17.1 Å². The van der Waals surface area contributed by atoms with Crippen molar-refractivity contribution < 1.29 is 40.6 Å². The number of anilines is 1. The smallest absolute Gasteiger partial charge is 0.406 e. The lowest BCUT2D eigenvalue weighted by atomic mass is 10.1. The Hall–Kier alpha value is -4.39. The van der Waals surface area contributed by atoms with Gasteiger partial charge in [-0.3, -0.25) is 15.1 Å². The molecule has 2 N–H and O–H groups in total. The number of carbonyl (C=O) groups is 1. The number of hydrogen-bond acceptors (Lipinski definition) is 8. The Kier molecular flexibility index (Phi) is 9.94. The van der Waals surface area contributed by atoms with Gasteiger partial charge in [-0.1, -0.05) is 47.6 Å². The predicted molar refractivity (Wildman–Crippen MR) is 166 cm³/mol. The van der Waals surface area contributed by atoms with Crippen LogP contribution < -0.4 is 25.2 Å². The Bertz CT molecular complexity index is 1800. The summed E-state index contributed by atoms with van der Waals surface area (Å²) in [5.74, 6) is -1.25. The number of aromatic nitrogens is 3. The minimum atomic E-state index is -5.00. The Morgan fingerprint density at radius 1 is 1.02 bits per heavy atom. The molecule has 1 amide bonds. The largest absolute Gasteiger partial charge is 0.573 e. The molecule has 0 bridgehead atoms. The maximum atomic E-state index is 13.0. The van der Waals surface area contributed by atoms with Crippen LogP contribution in [0.5, 0.6) is 11.5 Å². The van der Waals surface area contributed by atoms with Gasteiger partial charge in [0.25, 0.3) is 0 Å². The van der Waals surface area contributed by atoms with Crippen LogP contribution in [0.3, 0.4) is 0 Å². The van der Waals surface area contributed by atoms with Crippen LogP contribution in [-0.2, 0) is 4.79 Å². The van der Waals surface area contributed by atoms with Crippen LogP contribution in [0.4, 0.5) is 32.0 Å². The second-order valence-electron chi connectivity index (χ2n) is 9.54. The van der Waals surface area contributed by atoms with E-state index in [1.165, 1.54) is 41.3 Å². The van der Waals surface area contributed by atoms with Crippen molar-refractivity contribution in [2.45, 2.75) is 25.7 Å². The Balaban J connectivity index is 1.21. The standard InChI is InChI=1S/C28H20ClF6N7O3S2/c1-15(16-2-4-17(5-3-16)24-36-14-41(40-24)19-7-9-20(10-8-19)44-27(30,31)32)38-39-25(46)37-26-42(23(43)13-47-26)21-12-18(29)6-11-22(21)45-28(33,34)35/h2-12,14-15,38H,13H2,1H3,(H,39,46). The molecule has 3 aromatic carbocycles. The number of thioether (sulfide) groups is 1. The summed E-state index contributed by atoms with van der Waals surface area (Å²) in [7, 11) is 0.